The summed E-state index contributed by atoms with van der Waals surface area (Å²) in [6.45, 7) is 0.540. The lowest BCUT2D eigenvalue weighted by molar-refractivity contribution is -0.120. The molecule has 0 aliphatic rings. The Morgan fingerprint density at radius 1 is 1.00 bits per heavy atom. The van der Waals surface area contributed by atoms with E-state index in [4.69, 9.17) is 0 Å². The van der Waals surface area contributed by atoms with E-state index in [9.17, 15) is 4.79 Å². The van der Waals surface area contributed by atoms with Crippen molar-refractivity contribution < 1.29 is 4.79 Å². The summed E-state index contributed by atoms with van der Waals surface area (Å²) in [6, 6.07) is 19.7. The summed E-state index contributed by atoms with van der Waals surface area (Å²) in [4.78, 5) is 11.8. The van der Waals surface area contributed by atoms with Crippen LogP contribution in [0.5, 0.6) is 0 Å². The molecule has 3 heteroatoms. The average molecular weight is 271 g/mol. The topological polar surface area (TPSA) is 29.1 Å². The first-order chi connectivity index (χ1) is 9.25. The molecule has 0 spiro atoms. The van der Waals surface area contributed by atoms with E-state index in [0.29, 0.717) is 13.0 Å². The van der Waals surface area contributed by atoms with Crippen LogP contribution in [-0.4, -0.2) is 12.5 Å². The van der Waals surface area contributed by atoms with Crippen LogP contribution >= 0.6 is 12.6 Å². The molecule has 1 unspecified atom stereocenters. The molecule has 0 heterocycles. The molecule has 2 aromatic rings. The number of carbonyl (C=O) groups excluding carboxylic acids is 1. The van der Waals surface area contributed by atoms with Crippen LogP contribution in [0.15, 0.2) is 60.7 Å². The van der Waals surface area contributed by atoms with Gasteiger partial charge in [0.2, 0.25) is 5.91 Å². The molecule has 0 saturated carbocycles. The number of nitrogens with one attached hydrogen (secondary N) is 1. The fourth-order valence-electron chi connectivity index (χ4n) is 1.85. The summed E-state index contributed by atoms with van der Waals surface area (Å²) in [5.74, 6) is 0.0289. The first-order valence-corrected chi connectivity index (χ1v) is 6.81. The molecule has 0 aliphatic heterocycles. The SMILES string of the molecule is O=C(Cc1ccccc1)NCC(S)c1ccccc1. The minimum absolute atomic E-state index is 0.0286. The van der Waals surface area contributed by atoms with Gasteiger partial charge in [-0.05, 0) is 11.1 Å². The second-order valence-electron chi connectivity index (χ2n) is 4.39. The second kappa shape index (κ2) is 7.00. The fourth-order valence-corrected chi connectivity index (χ4v) is 2.11. The Hall–Kier alpha value is -1.74. The molecular formula is C16H17NOS. The number of thiol groups is 1. The molecule has 2 nitrogen and oxygen atoms in total. The Bertz CT molecular complexity index is 513. The van der Waals surface area contributed by atoms with Gasteiger partial charge in [0.05, 0.1) is 6.42 Å². The highest BCUT2D eigenvalue weighted by molar-refractivity contribution is 7.80. The van der Waals surface area contributed by atoms with Crippen LogP contribution in [0.25, 0.3) is 0 Å². The Morgan fingerprint density at radius 3 is 2.21 bits per heavy atom. The first-order valence-electron chi connectivity index (χ1n) is 6.29. The normalized spacial score (nSPS) is 11.8. The molecule has 0 fully saturated rings. The highest BCUT2D eigenvalue weighted by atomic mass is 32.1. The van der Waals surface area contributed by atoms with Crippen LogP contribution in [-0.2, 0) is 11.2 Å². The van der Waals surface area contributed by atoms with Crippen molar-refractivity contribution in [1.82, 2.24) is 5.32 Å². The molecule has 0 radical (unpaired) electrons. The van der Waals surface area contributed by atoms with Gasteiger partial charge < -0.3 is 5.32 Å². The van der Waals surface area contributed by atoms with Crippen molar-refractivity contribution >= 4 is 18.5 Å². The number of rotatable bonds is 5. The van der Waals surface area contributed by atoms with Gasteiger partial charge in [0.25, 0.3) is 0 Å². The highest BCUT2D eigenvalue weighted by Crippen LogP contribution is 2.17. The molecule has 1 amide bonds. The third kappa shape index (κ3) is 4.45. The van der Waals surface area contributed by atoms with E-state index in [1.54, 1.807) is 0 Å². The smallest absolute Gasteiger partial charge is 0.224 e. The Morgan fingerprint density at radius 2 is 1.58 bits per heavy atom. The summed E-state index contributed by atoms with van der Waals surface area (Å²) in [7, 11) is 0. The second-order valence-corrected chi connectivity index (χ2v) is 5.02. The lowest BCUT2D eigenvalue weighted by Crippen LogP contribution is -2.28. The van der Waals surface area contributed by atoms with Crippen molar-refractivity contribution in [2.24, 2.45) is 0 Å². The molecule has 2 aromatic carbocycles. The van der Waals surface area contributed by atoms with Gasteiger partial charge in [-0.1, -0.05) is 60.7 Å². The quantitative estimate of drug-likeness (QED) is 0.804. The molecule has 19 heavy (non-hydrogen) atoms. The van der Waals surface area contributed by atoms with Gasteiger partial charge in [-0.25, -0.2) is 0 Å². The van der Waals surface area contributed by atoms with E-state index < -0.39 is 0 Å². The summed E-state index contributed by atoms with van der Waals surface area (Å²) in [5.41, 5.74) is 2.14. The molecular weight excluding hydrogens is 254 g/mol. The molecule has 1 atom stereocenters. The molecule has 0 saturated heterocycles. The first kappa shape index (κ1) is 13.7. The summed E-state index contributed by atoms with van der Waals surface area (Å²) in [6.07, 6.45) is 0.413. The van der Waals surface area contributed by atoms with Crippen LogP contribution in [0.1, 0.15) is 16.4 Å². The molecule has 0 aliphatic carbocycles. The van der Waals surface area contributed by atoms with Gasteiger partial charge in [0.1, 0.15) is 0 Å². The molecule has 98 valence electrons. The third-order valence-electron chi connectivity index (χ3n) is 2.88. The maximum Gasteiger partial charge on any atom is 0.224 e. The predicted octanol–water partition coefficient (Wildman–Crippen LogP) is 3.02. The third-order valence-corrected chi connectivity index (χ3v) is 3.37. The summed E-state index contributed by atoms with van der Waals surface area (Å²) >= 11 is 4.51. The summed E-state index contributed by atoms with van der Waals surface area (Å²) < 4.78 is 0. The van der Waals surface area contributed by atoms with Crippen LogP contribution in [0, 0.1) is 0 Å². The number of hydrogen-bond donors (Lipinski definition) is 2. The predicted molar refractivity (Wildman–Crippen MR) is 81.3 cm³/mol. The van der Waals surface area contributed by atoms with E-state index in [1.165, 1.54) is 0 Å². The van der Waals surface area contributed by atoms with Crippen molar-refractivity contribution in [2.45, 2.75) is 11.7 Å². The molecule has 1 N–H and O–H groups in total. The fraction of sp³-hybridized carbons (Fsp3) is 0.188. The van der Waals surface area contributed by atoms with E-state index in [1.807, 2.05) is 60.7 Å². The maximum absolute atomic E-state index is 11.8. The maximum atomic E-state index is 11.8. The van der Waals surface area contributed by atoms with Gasteiger partial charge in [-0.2, -0.15) is 12.6 Å². The number of carbonyl (C=O) groups is 1. The minimum Gasteiger partial charge on any atom is -0.354 e. The van der Waals surface area contributed by atoms with Gasteiger partial charge in [0, 0.05) is 11.8 Å². The van der Waals surface area contributed by atoms with Crippen molar-refractivity contribution in [3.8, 4) is 0 Å². The highest BCUT2D eigenvalue weighted by Gasteiger charge is 2.08. The van der Waals surface area contributed by atoms with Crippen molar-refractivity contribution in [2.75, 3.05) is 6.54 Å². The average Bonchev–Trinajstić information content (AvgIpc) is 2.47. The monoisotopic (exact) mass is 271 g/mol. The zero-order valence-corrected chi connectivity index (χ0v) is 11.5. The molecule has 2 rings (SSSR count). The Kier molecular flexibility index (Phi) is 5.04. The molecule has 0 bridgehead atoms. The Labute approximate surface area is 119 Å². The number of benzene rings is 2. The zero-order valence-electron chi connectivity index (χ0n) is 10.6. The summed E-state index contributed by atoms with van der Waals surface area (Å²) in [5, 5.41) is 2.94. The van der Waals surface area contributed by atoms with Gasteiger partial charge in [-0.15, -0.1) is 0 Å². The van der Waals surface area contributed by atoms with Crippen molar-refractivity contribution in [3.05, 3.63) is 71.8 Å². The van der Waals surface area contributed by atoms with Crippen LogP contribution < -0.4 is 5.32 Å². The zero-order chi connectivity index (χ0) is 13.5. The van der Waals surface area contributed by atoms with E-state index >= 15 is 0 Å². The Balaban J connectivity index is 1.81. The van der Waals surface area contributed by atoms with Crippen molar-refractivity contribution in [1.29, 1.82) is 0 Å². The molecule has 0 aromatic heterocycles. The van der Waals surface area contributed by atoms with Gasteiger partial charge in [0.15, 0.2) is 0 Å². The van der Waals surface area contributed by atoms with Gasteiger partial charge >= 0.3 is 0 Å². The lowest BCUT2D eigenvalue weighted by Gasteiger charge is -2.12. The number of hydrogen-bond acceptors (Lipinski definition) is 2. The lowest BCUT2D eigenvalue weighted by atomic mass is 10.1. The van der Waals surface area contributed by atoms with Crippen LogP contribution in [0.2, 0.25) is 0 Å². The number of amides is 1. The van der Waals surface area contributed by atoms with Gasteiger partial charge in [-0.3, -0.25) is 4.79 Å². The van der Waals surface area contributed by atoms with Crippen LogP contribution in [0.4, 0.5) is 0 Å². The van der Waals surface area contributed by atoms with E-state index in [0.717, 1.165) is 11.1 Å². The van der Waals surface area contributed by atoms with E-state index in [2.05, 4.69) is 17.9 Å². The van der Waals surface area contributed by atoms with Crippen LogP contribution in [0.3, 0.4) is 0 Å². The standard InChI is InChI=1S/C16H17NOS/c18-16(11-13-7-3-1-4-8-13)17-12-15(19)14-9-5-2-6-10-14/h1-10,15,19H,11-12H2,(H,17,18). The van der Waals surface area contributed by atoms with E-state index in [-0.39, 0.29) is 11.2 Å². The van der Waals surface area contributed by atoms with Crippen molar-refractivity contribution in [3.63, 3.8) is 0 Å². The largest absolute Gasteiger partial charge is 0.354 e. The minimum atomic E-state index is 0.0286.